The van der Waals surface area contributed by atoms with Gasteiger partial charge in [-0.15, -0.1) is 0 Å². The van der Waals surface area contributed by atoms with Crippen LogP contribution in [-0.2, 0) is 9.59 Å². The third-order valence-corrected chi connectivity index (χ3v) is 5.39. The Morgan fingerprint density at radius 3 is 2.31 bits per heavy atom. The highest BCUT2D eigenvalue weighted by Crippen LogP contribution is 2.44. The lowest BCUT2D eigenvalue weighted by atomic mass is 9.91. The molecular weight excluding hydrogens is 406 g/mol. The molecule has 0 aromatic heterocycles. The molecule has 0 bridgehead atoms. The molecule has 1 aliphatic heterocycles. The Morgan fingerprint density at radius 1 is 1.09 bits per heavy atom. The summed E-state index contributed by atoms with van der Waals surface area (Å²) in [5.41, 5.74) is 3.38. The first-order chi connectivity index (χ1) is 15.2. The van der Waals surface area contributed by atoms with Gasteiger partial charge in [0, 0.05) is 12.1 Å². The van der Waals surface area contributed by atoms with Crippen LogP contribution in [0.2, 0.25) is 0 Å². The number of ether oxygens (including phenoxy) is 2. The van der Waals surface area contributed by atoms with Crippen molar-refractivity contribution in [2.45, 2.75) is 47.1 Å². The first-order valence-electron chi connectivity index (χ1n) is 10.9. The summed E-state index contributed by atoms with van der Waals surface area (Å²) in [4.78, 5) is 27.9. The van der Waals surface area contributed by atoms with E-state index in [1.54, 1.807) is 25.3 Å². The van der Waals surface area contributed by atoms with Crippen LogP contribution >= 0.6 is 0 Å². The number of hydrogen-bond acceptors (Lipinski definition) is 5. The Hall–Kier alpha value is -3.28. The number of hydrogen-bond donors (Lipinski definition) is 1. The molecule has 0 saturated carbocycles. The molecule has 6 nitrogen and oxygen atoms in total. The highest BCUT2D eigenvalue weighted by Gasteiger charge is 2.44. The molecule has 0 saturated heterocycles. The quantitative estimate of drug-likeness (QED) is 0.612. The molecule has 0 radical (unpaired) electrons. The maximum absolute atomic E-state index is 13.3. The topological polar surface area (TPSA) is 76.1 Å². The summed E-state index contributed by atoms with van der Waals surface area (Å²) in [6, 6.07) is 10.3. The predicted molar refractivity (Wildman–Crippen MR) is 124 cm³/mol. The molecule has 1 atom stereocenters. The molecule has 1 unspecified atom stereocenters. The second kappa shape index (κ2) is 9.47. The molecule has 1 amide bonds. The molecule has 32 heavy (non-hydrogen) atoms. The van der Waals surface area contributed by atoms with Gasteiger partial charge in [-0.2, -0.15) is 0 Å². The van der Waals surface area contributed by atoms with Gasteiger partial charge in [0.1, 0.15) is 0 Å². The fourth-order valence-electron chi connectivity index (χ4n) is 4.17. The number of carbonyl (C=O) groups is 2. The average Bonchev–Trinajstić information content (AvgIpc) is 2.98. The van der Waals surface area contributed by atoms with Crippen LogP contribution in [0.15, 0.2) is 47.7 Å². The van der Waals surface area contributed by atoms with Gasteiger partial charge in [-0.3, -0.25) is 14.5 Å². The number of aryl methyl sites for hydroxylation is 2. The van der Waals surface area contributed by atoms with E-state index in [4.69, 9.17) is 9.47 Å². The molecule has 170 valence electrons. The minimum Gasteiger partial charge on any atom is -0.503 e. The summed E-state index contributed by atoms with van der Waals surface area (Å²) in [6.45, 7) is 10.1. The van der Waals surface area contributed by atoms with Gasteiger partial charge in [-0.25, -0.2) is 0 Å². The highest BCUT2D eigenvalue weighted by molar-refractivity contribution is 6.16. The standard InChI is InChI=1S/C26H31NO5/c1-7-32-22-14-18(8-9-21(22)31-6)24-23(20(28)10-15(2)3)25(29)26(30)27(24)19-12-16(4)11-17(5)13-19/h8-9,11-15,24,29H,7,10H2,1-6H3. The molecule has 1 aliphatic rings. The van der Waals surface area contributed by atoms with Gasteiger partial charge in [0.25, 0.3) is 5.91 Å². The Balaban J connectivity index is 2.21. The third kappa shape index (κ3) is 4.49. The van der Waals surface area contributed by atoms with Crippen molar-refractivity contribution in [2.75, 3.05) is 18.6 Å². The minimum atomic E-state index is -0.764. The SMILES string of the molecule is CCOc1cc(C2C(C(=O)CC(C)C)=C(O)C(=O)N2c2cc(C)cc(C)c2)ccc1OC. The first kappa shape index (κ1) is 23.4. The van der Waals surface area contributed by atoms with Gasteiger partial charge in [0.15, 0.2) is 23.0 Å². The van der Waals surface area contributed by atoms with Crippen LogP contribution in [-0.4, -0.2) is 30.5 Å². The maximum atomic E-state index is 13.3. The van der Waals surface area contributed by atoms with Gasteiger partial charge >= 0.3 is 0 Å². The van der Waals surface area contributed by atoms with Gasteiger partial charge in [-0.05, 0) is 67.6 Å². The zero-order valence-electron chi connectivity index (χ0n) is 19.6. The lowest BCUT2D eigenvalue weighted by Gasteiger charge is -2.28. The second-order valence-electron chi connectivity index (χ2n) is 8.55. The van der Waals surface area contributed by atoms with E-state index in [0.29, 0.717) is 29.4 Å². The zero-order valence-corrected chi connectivity index (χ0v) is 19.6. The molecule has 2 aromatic rings. The van der Waals surface area contributed by atoms with Gasteiger partial charge < -0.3 is 14.6 Å². The first-order valence-corrected chi connectivity index (χ1v) is 10.9. The molecule has 0 spiro atoms. The summed E-state index contributed by atoms with van der Waals surface area (Å²) in [5, 5.41) is 10.8. The van der Waals surface area contributed by atoms with E-state index in [9.17, 15) is 14.7 Å². The number of aliphatic hydroxyl groups is 1. The van der Waals surface area contributed by atoms with Crippen molar-refractivity contribution < 1.29 is 24.2 Å². The summed E-state index contributed by atoms with van der Waals surface area (Å²) in [6.07, 6.45) is 0.234. The van der Waals surface area contributed by atoms with E-state index in [1.165, 1.54) is 4.90 Å². The Kier molecular flexibility index (Phi) is 6.92. The number of anilines is 1. The Bertz CT molecular complexity index is 1050. The van der Waals surface area contributed by atoms with Gasteiger partial charge in [-0.1, -0.05) is 26.0 Å². The maximum Gasteiger partial charge on any atom is 0.294 e. The van der Waals surface area contributed by atoms with Crippen LogP contribution in [0.5, 0.6) is 11.5 Å². The highest BCUT2D eigenvalue weighted by atomic mass is 16.5. The van der Waals surface area contributed by atoms with Crippen molar-refractivity contribution in [1.29, 1.82) is 0 Å². The van der Waals surface area contributed by atoms with Gasteiger partial charge in [0.2, 0.25) is 0 Å². The largest absolute Gasteiger partial charge is 0.503 e. The molecule has 3 rings (SSSR count). The lowest BCUT2D eigenvalue weighted by Crippen LogP contribution is -2.31. The number of rotatable bonds is 8. The monoisotopic (exact) mass is 437 g/mol. The number of nitrogens with zero attached hydrogens (tertiary/aromatic N) is 1. The van der Waals surface area contributed by atoms with Crippen LogP contribution in [0.1, 0.15) is 49.9 Å². The number of Topliss-reactive ketones (excluding diaryl/α,β-unsaturated/α-hetero) is 1. The summed E-state index contributed by atoms with van der Waals surface area (Å²) in [7, 11) is 1.56. The minimum absolute atomic E-state index is 0.0867. The fourth-order valence-corrected chi connectivity index (χ4v) is 4.17. The molecule has 6 heteroatoms. The van der Waals surface area contributed by atoms with E-state index in [1.807, 2.05) is 52.8 Å². The number of methoxy groups -OCH3 is 1. The third-order valence-electron chi connectivity index (χ3n) is 5.39. The number of aliphatic hydroxyl groups excluding tert-OH is 1. The summed E-state index contributed by atoms with van der Waals surface area (Å²) < 4.78 is 11.1. The van der Waals surface area contributed by atoms with Crippen molar-refractivity contribution in [3.05, 3.63) is 64.4 Å². The zero-order chi connectivity index (χ0) is 23.6. The van der Waals surface area contributed by atoms with Crippen molar-refractivity contribution in [1.82, 2.24) is 0 Å². The van der Waals surface area contributed by atoms with E-state index >= 15 is 0 Å². The number of amides is 1. The van der Waals surface area contributed by atoms with Crippen molar-refractivity contribution >= 4 is 17.4 Å². The number of benzene rings is 2. The van der Waals surface area contributed by atoms with E-state index in [0.717, 1.165) is 11.1 Å². The predicted octanol–water partition coefficient (Wildman–Crippen LogP) is 5.23. The molecule has 1 N–H and O–H groups in total. The van der Waals surface area contributed by atoms with E-state index in [-0.39, 0.29) is 23.7 Å². The summed E-state index contributed by atoms with van der Waals surface area (Å²) in [5.74, 6) is -0.154. The van der Waals surface area contributed by atoms with E-state index < -0.39 is 17.7 Å². The van der Waals surface area contributed by atoms with Crippen LogP contribution in [0, 0.1) is 19.8 Å². The van der Waals surface area contributed by atoms with Crippen LogP contribution in [0.3, 0.4) is 0 Å². The average molecular weight is 438 g/mol. The van der Waals surface area contributed by atoms with Crippen LogP contribution < -0.4 is 14.4 Å². The number of carbonyl (C=O) groups excluding carboxylic acids is 2. The molecule has 1 heterocycles. The van der Waals surface area contributed by atoms with Crippen molar-refractivity contribution in [2.24, 2.45) is 5.92 Å². The lowest BCUT2D eigenvalue weighted by molar-refractivity contribution is -0.118. The van der Waals surface area contributed by atoms with Crippen LogP contribution in [0.4, 0.5) is 5.69 Å². The fraction of sp³-hybridized carbons (Fsp3) is 0.385. The number of ketones is 1. The van der Waals surface area contributed by atoms with Crippen molar-refractivity contribution in [3.63, 3.8) is 0 Å². The smallest absolute Gasteiger partial charge is 0.294 e. The molecule has 0 aliphatic carbocycles. The van der Waals surface area contributed by atoms with Crippen molar-refractivity contribution in [3.8, 4) is 11.5 Å². The molecule has 0 fully saturated rings. The second-order valence-corrected chi connectivity index (χ2v) is 8.55. The Labute approximate surface area is 189 Å². The van der Waals surface area contributed by atoms with E-state index in [2.05, 4.69) is 0 Å². The Morgan fingerprint density at radius 2 is 1.75 bits per heavy atom. The van der Waals surface area contributed by atoms with Gasteiger partial charge in [0.05, 0.1) is 25.3 Å². The summed E-state index contributed by atoms with van der Waals surface area (Å²) >= 11 is 0. The normalized spacial score (nSPS) is 16.2. The molecular formula is C26H31NO5. The van der Waals surface area contributed by atoms with Crippen LogP contribution in [0.25, 0.3) is 0 Å². The molecule has 2 aromatic carbocycles.